The third kappa shape index (κ3) is 12.6. The zero-order chi connectivity index (χ0) is 38.4. The summed E-state index contributed by atoms with van der Waals surface area (Å²) < 4.78 is 5.94. The number of ketones is 1. The molecule has 0 saturated carbocycles. The minimum atomic E-state index is -0.455. The van der Waals surface area contributed by atoms with Gasteiger partial charge in [-0.05, 0) is 75.2 Å². The van der Waals surface area contributed by atoms with Gasteiger partial charge in [0, 0.05) is 41.6 Å². The number of benzene rings is 1. The average molecular weight is 739 g/mol. The van der Waals surface area contributed by atoms with Crippen molar-refractivity contribution in [2.75, 3.05) is 26.9 Å². The summed E-state index contributed by atoms with van der Waals surface area (Å²) in [7, 11) is 2.01. The predicted molar refractivity (Wildman–Crippen MR) is 207 cm³/mol. The molecule has 1 aliphatic heterocycles. The van der Waals surface area contributed by atoms with Crippen LogP contribution < -0.4 is 5.32 Å². The minimum Gasteiger partial charge on any atom is -0.508 e. The second-order valence-electron chi connectivity index (χ2n) is 15.2. The van der Waals surface area contributed by atoms with Gasteiger partial charge in [0.2, 0.25) is 5.91 Å². The van der Waals surface area contributed by atoms with Gasteiger partial charge in [0.25, 0.3) is 5.91 Å². The Morgan fingerprint density at radius 2 is 1.85 bits per heavy atom. The quantitative estimate of drug-likeness (QED) is 0.0571. The highest BCUT2D eigenvalue weighted by Crippen LogP contribution is 2.32. The standard InChI is InChI=1S/C41H62N4O6S/c1-9-19-51-26-45(41(50)34(29(6)10-2)23-38(48)36-13-11-12-18-44(36)8)37(27(3)4)21-30(7)40-43-35(25-52-40)39(49)42-32(20-28(5)24-46)22-31-14-16-33(47)17-15-31/h9,14-17,24-25,27-30,32,34,36-37,47H,1,10-13,18-23,26H2,2-8H3,(H,42,49)/t28-,29?,30+,32+,34-,36+,37-/m0/s1. The molecule has 1 aromatic carbocycles. The zero-order valence-corrected chi connectivity index (χ0v) is 33.2. The lowest BCUT2D eigenvalue weighted by Gasteiger charge is -2.39. The number of likely N-dealkylation sites (N-methyl/N-ethyl adjacent to an activating group) is 1. The van der Waals surface area contributed by atoms with Gasteiger partial charge < -0.3 is 24.9 Å². The molecular weight excluding hydrogens is 677 g/mol. The van der Waals surface area contributed by atoms with Crippen LogP contribution in [0.2, 0.25) is 0 Å². The molecule has 1 aromatic heterocycles. The summed E-state index contributed by atoms with van der Waals surface area (Å²) >= 11 is 1.42. The molecule has 3 rings (SSSR count). The minimum absolute atomic E-state index is 0.0184. The van der Waals surface area contributed by atoms with Gasteiger partial charge in [-0.25, -0.2) is 4.98 Å². The van der Waals surface area contributed by atoms with Crippen molar-refractivity contribution in [1.82, 2.24) is 20.1 Å². The van der Waals surface area contributed by atoms with E-state index in [0.717, 1.165) is 49.1 Å². The number of ether oxygens (including phenoxy) is 1. The average Bonchev–Trinajstić information content (AvgIpc) is 3.63. The molecule has 0 spiro atoms. The lowest BCUT2D eigenvalue weighted by atomic mass is 9.82. The fourth-order valence-corrected chi connectivity index (χ4v) is 8.01. The van der Waals surface area contributed by atoms with Crippen molar-refractivity contribution in [3.63, 3.8) is 0 Å². The van der Waals surface area contributed by atoms with Crippen LogP contribution >= 0.6 is 11.3 Å². The van der Waals surface area contributed by atoms with Crippen molar-refractivity contribution in [2.45, 2.75) is 117 Å². The highest BCUT2D eigenvalue weighted by atomic mass is 32.1. The van der Waals surface area contributed by atoms with Crippen LogP contribution in [0.25, 0.3) is 0 Å². The third-order valence-corrected chi connectivity index (χ3v) is 11.6. The Kier molecular flexibility index (Phi) is 17.6. The van der Waals surface area contributed by atoms with E-state index in [-0.39, 0.29) is 78.3 Å². The first-order chi connectivity index (χ1) is 24.8. The van der Waals surface area contributed by atoms with Gasteiger partial charge in [0.1, 0.15) is 24.5 Å². The highest BCUT2D eigenvalue weighted by molar-refractivity contribution is 7.09. The number of hydrogen-bond donors (Lipinski definition) is 2. The predicted octanol–water partition coefficient (Wildman–Crippen LogP) is 7.03. The van der Waals surface area contributed by atoms with Crippen LogP contribution in [-0.2, 0) is 25.5 Å². The van der Waals surface area contributed by atoms with Gasteiger partial charge in [0.15, 0.2) is 5.78 Å². The van der Waals surface area contributed by atoms with Crippen molar-refractivity contribution >= 4 is 35.2 Å². The number of rotatable bonds is 22. The van der Waals surface area contributed by atoms with E-state index in [9.17, 15) is 24.3 Å². The van der Waals surface area contributed by atoms with Crippen LogP contribution in [-0.4, -0.2) is 88.8 Å². The number of carbonyl (C=O) groups excluding carboxylic acids is 4. The molecule has 0 radical (unpaired) electrons. The Balaban J connectivity index is 1.80. The molecule has 2 N–H and O–H groups in total. The zero-order valence-electron chi connectivity index (χ0n) is 32.4. The van der Waals surface area contributed by atoms with Crippen LogP contribution in [0.3, 0.4) is 0 Å². The number of aromatic hydroxyl groups is 1. The van der Waals surface area contributed by atoms with Crippen molar-refractivity contribution in [3.8, 4) is 5.75 Å². The van der Waals surface area contributed by atoms with Crippen LogP contribution in [0.5, 0.6) is 5.75 Å². The number of Topliss-reactive ketones (excluding diaryl/α,β-unsaturated/α-hetero) is 1. The van der Waals surface area contributed by atoms with Crippen LogP contribution in [0.4, 0.5) is 0 Å². The second-order valence-corrected chi connectivity index (χ2v) is 16.1. The molecule has 1 unspecified atom stereocenters. The number of nitrogens with one attached hydrogen (secondary N) is 1. The molecular formula is C41H62N4O6S. The van der Waals surface area contributed by atoms with E-state index >= 15 is 0 Å². The topological polar surface area (TPSA) is 129 Å². The summed E-state index contributed by atoms with van der Waals surface area (Å²) in [6, 6.07) is 6.18. The summed E-state index contributed by atoms with van der Waals surface area (Å²) in [4.78, 5) is 61.9. The molecule has 0 bridgehead atoms. The lowest BCUT2D eigenvalue weighted by Crippen LogP contribution is -2.50. The van der Waals surface area contributed by atoms with Crippen molar-refractivity contribution in [3.05, 3.63) is 58.6 Å². The van der Waals surface area contributed by atoms with E-state index in [4.69, 9.17) is 9.72 Å². The fraction of sp³-hybridized carbons (Fsp3) is 0.634. The number of carbonyl (C=O) groups is 4. The van der Waals surface area contributed by atoms with Crippen LogP contribution in [0.15, 0.2) is 42.3 Å². The smallest absolute Gasteiger partial charge is 0.270 e. The summed E-state index contributed by atoms with van der Waals surface area (Å²) in [6.07, 6.45) is 8.07. The largest absolute Gasteiger partial charge is 0.508 e. The van der Waals surface area contributed by atoms with E-state index in [1.54, 1.807) is 23.6 Å². The van der Waals surface area contributed by atoms with Gasteiger partial charge in [-0.2, -0.15) is 0 Å². The fourth-order valence-electron chi connectivity index (χ4n) is 7.14. The van der Waals surface area contributed by atoms with E-state index in [1.807, 2.05) is 31.0 Å². The van der Waals surface area contributed by atoms with Gasteiger partial charge in [-0.15, -0.1) is 17.9 Å². The maximum atomic E-state index is 14.6. The van der Waals surface area contributed by atoms with E-state index in [2.05, 4.69) is 51.4 Å². The van der Waals surface area contributed by atoms with Gasteiger partial charge >= 0.3 is 0 Å². The highest BCUT2D eigenvalue weighted by Gasteiger charge is 2.38. The summed E-state index contributed by atoms with van der Waals surface area (Å²) in [5.74, 6) is -0.727. The Morgan fingerprint density at radius 1 is 1.13 bits per heavy atom. The van der Waals surface area contributed by atoms with Crippen molar-refractivity contribution in [1.29, 1.82) is 0 Å². The number of thiazole rings is 1. The Bertz CT molecular complexity index is 1440. The Labute approximate surface area is 315 Å². The first-order valence-corrected chi connectivity index (χ1v) is 19.9. The number of hydrogen-bond acceptors (Lipinski definition) is 9. The molecule has 2 amide bonds. The van der Waals surface area contributed by atoms with Gasteiger partial charge in [-0.3, -0.25) is 19.3 Å². The molecule has 2 aromatic rings. The van der Waals surface area contributed by atoms with Crippen LogP contribution in [0, 0.1) is 23.7 Å². The molecule has 288 valence electrons. The molecule has 0 aliphatic carbocycles. The molecule has 1 aliphatic rings. The third-order valence-electron chi connectivity index (χ3n) is 10.5. The maximum absolute atomic E-state index is 14.6. The number of aldehydes is 1. The first kappa shape index (κ1) is 43.0. The SMILES string of the molecule is C=CCOCN(C(=O)[C@@H](CC(=O)[C@H]1CCCCN1C)C(C)CC)[C@@H](C[C@@H](C)c1nc(C(=O)N[C@@H](Cc2ccc(O)cc2)C[C@H](C)C=O)cs1)C(C)C. The summed E-state index contributed by atoms with van der Waals surface area (Å²) in [5, 5.41) is 15.3. The number of phenols is 1. The Morgan fingerprint density at radius 3 is 2.46 bits per heavy atom. The van der Waals surface area contributed by atoms with Crippen LogP contribution in [0.1, 0.15) is 113 Å². The molecule has 11 heteroatoms. The maximum Gasteiger partial charge on any atom is 0.270 e. The molecule has 2 heterocycles. The molecule has 7 atom stereocenters. The lowest BCUT2D eigenvalue weighted by molar-refractivity contribution is -0.150. The Hall–Kier alpha value is -3.41. The number of aromatic nitrogens is 1. The molecule has 52 heavy (non-hydrogen) atoms. The second kappa shape index (κ2) is 21.3. The number of piperidine rings is 1. The van der Waals surface area contributed by atoms with Gasteiger partial charge in [0.05, 0.1) is 17.7 Å². The van der Waals surface area contributed by atoms with E-state index in [0.29, 0.717) is 31.6 Å². The van der Waals surface area contributed by atoms with E-state index < -0.39 is 5.92 Å². The summed E-state index contributed by atoms with van der Waals surface area (Å²) in [6.45, 7) is 17.3. The number of amides is 2. The molecule has 1 saturated heterocycles. The number of phenolic OH excluding ortho intramolecular Hbond substituents is 1. The number of likely N-dealkylation sites (tertiary alicyclic amines) is 1. The molecule has 1 fully saturated rings. The first-order valence-electron chi connectivity index (χ1n) is 19.0. The van der Waals surface area contributed by atoms with Crippen molar-refractivity contribution < 1.29 is 29.0 Å². The normalized spacial score (nSPS) is 18.5. The monoisotopic (exact) mass is 738 g/mol. The number of nitrogens with zero attached hydrogens (tertiary/aromatic N) is 3. The van der Waals surface area contributed by atoms with E-state index in [1.165, 1.54) is 11.3 Å². The molecule has 10 nitrogen and oxygen atoms in total. The van der Waals surface area contributed by atoms with Crippen molar-refractivity contribution in [2.24, 2.45) is 23.7 Å². The summed E-state index contributed by atoms with van der Waals surface area (Å²) in [5.41, 5.74) is 1.25. The van der Waals surface area contributed by atoms with Gasteiger partial charge in [-0.1, -0.05) is 72.6 Å².